The van der Waals surface area contributed by atoms with E-state index >= 15 is 0 Å². The van der Waals surface area contributed by atoms with E-state index in [0.29, 0.717) is 6.04 Å². The van der Waals surface area contributed by atoms with Gasteiger partial charge in [0.05, 0.1) is 10.8 Å². The molecule has 1 heteroatoms. The molecule has 1 saturated heterocycles. The first-order valence-corrected chi connectivity index (χ1v) is 29.9. The SMILES string of the molecule is CCCCCCCCCCCCC1NCC23c4c5c6c7c8c9c(c%10c%11c2c2c4c4c%12c5c5c6c6c8c8c%13c9c9c%10c%10c%11c%11c2c2c4c4c%12c%12c5c5c6c8c6c8c%13c9c9c%10c%10c%11c2c2c4c4c%12c5c6c5c8c9c%10c2c45)C713. The third-order valence-corrected chi connectivity index (χ3v) is 27.5. The molecule has 33 rings (SSSR count). The highest BCUT2D eigenvalue weighted by atomic mass is 15.0. The molecule has 330 valence electrons. The summed E-state index contributed by atoms with van der Waals surface area (Å²) in [6, 6.07) is 0.391. The van der Waals surface area contributed by atoms with Crippen LogP contribution in [0.5, 0.6) is 0 Å². The Morgan fingerprint density at radius 1 is 0.240 bits per heavy atom. The van der Waals surface area contributed by atoms with Crippen LogP contribution >= 0.6 is 0 Å². The molecule has 1 fully saturated rings. The van der Waals surface area contributed by atoms with Gasteiger partial charge >= 0.3 is 0 Å². The Morgan fingerprint density at radius 3 is 0.653 bits per heavy atom. The maximum absolute atomic E-state index is 4.77. The van der Waals surface area contributed by atoms with Crippen molar-refractivity contribution in [3.05, 3.63) is 22.3 Å². The Bertz CT molecular complexity index is 7000. The molecule has 0 amide bonds. The smallest absolute Gasteiger partial charge is 0.0531 e. The molecule has 28 aromatic carbocycles. The van der Waals surface area contributed by atoms with E-state index in [1.165, 1.54) is 70.6 Å². The van der Waals surface area contributed by atoms with E-state index < -0.39 is 0 Å². The van der Waals surface area contributed by atoms with Gasteiger partial charge in [0.1, 0.15) is 0 Å². The standard InChI is InChI=1S/C74H29N/c1-2-3-4-5-6-7-8-9-10-11-12-14-74-71-65-59-49-37-29-21-17-15-16-19-23(21)31(37)41-35-27(19)28-20(16)24-22-18(15)26-25(17)33-39(29)47-53-43(33)44-34(26)40-30(22)38-32(24)42-36(28)46-45(35)57(51(41)59)67(71)68-58(46)52(42)60-50(38)56-48(40)54(44)62-61(53)69(63(65)55(47)49)73(74,13-75-14)70(62)64(56)66(60)72(68)74/h14,75H,2-13H2,1H3. The van der Waals surface area contributed by atoms with Gasteiger partial charge in [0.2, 0.25) is 0 Å². The van der Waals surface area contributed by atoms with E-state index in [9.17, 15) is 0 Å². The lowest BCUT2D eigenvalue weighted by Crippen LogP contribution is -2.54. The fourth-order valence-corrected chi connectivity index (χ4v) is 27.0. The molecule has 0 radical (unpaired) electrons. The highest BCUT2D eigenvalue weighted by Crippen LogP contribution is 2.85. The van der Waals surface area contributed by atoms with Crippen molar-refractivity contribution in [2.75, 3.05) is 6.54 Å². The van der Waals surface area contributed by atoms with Crippen LogP contribution in [-0.2, 0) is 10.8 Å². The molecular weight excluding hydrogens is 903 g/mol. The normalized spacial score (nSPS) is 22.9. The molecule has 1 unspecified atom stereocenters. The van der Waals surface area contributed by atoms with Crippen molar-refractivity contribution in [1.29, 1.82) is 0 Å². The van der Waals surface area contributed by atoms with E-state index in [1.54, 1.807) is 291 Å². The quantitative estimate of drug-likeness (QED) is 0.101. The molecule has 1 N–H and O–H groups in total. The summed E-state index contributed by atoms with van der Waals surface area (Å²) in [7, 11) is 0. The number of hydrogen-bond donors (Lipinski definition) is 1. The number of benzene rings is 18. The lowest BCUT2D eigenvalue weighted by atomic mass is 9.48. The van der Waals surface area contributed by atoms with Gasteiger partial charge < -0.3 is 5.32 Å². The van der Waals surface area contributed by atoms with E-state index in [2.05, 4.69) is 6.92 Å². The van der Waals surface area contributed by atoms with Gasteiger partial charge in [-0.1, -0.05) is 71.1 Å². The predicted octanol–water partition coefficient (Wildman–Crippen LogP) is 20.6. The number of rotatable bonds is 11. The zero-order valence-electron chi connectivity index (χ0n) is 40.6. The van der Waals surface area contributed by atoms with Crippen LogP contribution in [0.4, 0.5) is 0 Å². The minimum absolute atomic E-state index is 0.151. The van der Waals surface area contributed by atoms with E-state index in [4.69, 9.17) is 5.32 Å². The molecule has 1 heterocycles. The van der Waals surface area contributed by atoms with Crippen molar-refractivity contribution in [2.45, 2.75) is 94.4 Å². The van der Waals surface area contributed by atoms with Crippen LogP contribution in [0.3, 0.4) is 0 Å². The molecular formula is C74H29N. The van der Waals surface area contributed by atoms with Gasteiger partial charge in [-0.15, -0.1) is 0 Å². The first-order valence-electron chi connectivity index (χ1n) is 29.9. The van der Waals surface area contributed by atoms with Crippen LogP contribution < -0.4 is 5.32 Å². The van der Waals surface area contributed by atoms with Crippen LogP contribution in [0, 0.1) is 0 Å². The Kier molecular flexibility index (Phi) is 3.08. The third-order valence-electron chi connectivity index (χ3n) is 27.5. The van der Waals surface area contributed by atoms with Gasteiger partial charge in [0.15, 0.2) is 0 Å². The van der Waals surface area contributed by atoms with Crippen LogP contribution in [-0.4, -0.2) is 12.6 Å². The zero-order valence-corrected chi connectivity index (χ0v) is 40.6. The summed E-state index contributed by atoms with van der Waals surface area (Å²) in [5, 5.41) is 96.9. The van der Waals surface area contributed by atoms with Crippen molar-refractivity contribution >= 4 is 291 Å². The van der Waals surface area contributed by atoms with Crippen molar-refractivity contribution in [3.63, 3.8) is 0 Å². The van der Waals surface area contributed by atoms with Crippen LogP contribution in [0.25, 0.3) is 291 Å². The van der Waals surface area contributed by atoms with Crippen molar-refractivity contribution in [3.8, 4) is 0 Å². The highest BCUT2D eigenvalue weighted by Gasteiger charge is 2.74. The Labute approximate surface area is 417 Å². The number of nitrogens with one attached hydrogen (secondary N) is 1. The Balaban J connectivity index is 0.962. The molecule has 0 saturated carbocycles. The Morgan fingerprint density at radius 2 is 0.427 bits per heavy atom. The van der Waals surface area contributed by atoms with Gasteiger partial charge in [-0.3, -0.25) is 0 Å². The average molecular weight is 932 g/mol. The first-order chi connectivity index (χ1) is 37.4. The topological polar surface area (TPSA) is 12.0 Å². The predicted molar refractivity (Wildman–Crippen MR) is 322 cm³/mol. The Hall–Kier alpha value is -7.58. The minimum atomic E-state index is -0.155. The van der Waals surface area contributed by atoms with Crippen LogP contribution in [0.1, 0.15) is 99.8 Å². The average Bonchev–Trinajstić information content (AvgIpc) is 3.13. The molecule has 1 atom stereocenters. The maximum Gasteiger partial charge on any atom is 0.0531 e. The summed E-state index contributed by atoms with van der Waals surface area (Å²) in [5.41, 5.74) is 7.05. The summed E-state index contributed by atoms with van der Waals surface area (Å²) < 4.78 is 0. The van der Waals surface area contributed by atoms with Crippen molar-refractivity contribution in [1.82, 2.24) is 5.32 Å². The molecule has 5 aliphatic rings. The van der Waals surface area contributed by atoms with Gasteiger partial charge in [0.25, 0.3) is 0 Å². The molecule has 28 aromatic rings. The van der Waals surface area contributed by atoms with E-state index in [-0.39, 0.29) is 10.8 Å². The first kappa shape index (κ1) is 30.7. The molecule has 0 aromatic heterocycles. The lowest BCUT2D eigenvalue weighted by Gasteiger charge is -2.52. The van der Waals surface area contributed by atoms with E-state index in [1.807, 2.05) is 22.3 Å². The summed E-state index contributed by atoms with van der Waals surface area (Å²) in [6.07, 6.45) is 15.2. The molecule has 75 heavy (non-hydrogen) atoms. The molecule has 2 spiro atoms. The summed E-state index contributed by atoms with van der Waals surface area (Å²) >= 11 is 0. The highest BCUT2D eigenvalue weighted by molar-refractivity contribution is 6.82. The summed E-state index contributed by atoms with van der Waals surface area (Å²) in [5.74, 6) is 0. The second-order valence-corrected chi connectivity index (χ2v) is 28.4. The maximum atomic E-state index is 4.77. The molecule has 1 aliphatic heterocycles. The minimum Gasteiger partial charge on any atom is -0.311 e. The molecule has 1 nitrogen and oxygen atoms in total. The summed E-state index contributed by atoms with van der Waals surface area (Å²) in [6.45, 7) is 3.42. The van der Waals surface area contributed by atoms with Crippen LogP contribution in [0.15, 0.2) is 0 Å². The van der Waals surface area contributed by atoms with Crippen molar-refractivity contribution in [2.24, 2.45) is 0 Å². The molecule has 0 bridgehead atoms. The summed E-state index contributed by atoms with van der Waals surface area (Å²) in [4.78, 5) is 0. The number of unbranched alkanes of at least 4 members (excludes halogenated alkanes) is 9. The second-order valence-electron chi connectivity index (χ2n) is 28.4. The largest absolute Gasteiger partial charge is 0.311 e. The number of hydrogen-bond acceptors (Lipinski definition) is 1. The third kappa shape index (κ3) is 1.82. The van der Waals surface area contributed by atoms with Gasteiger partial charge in [-0.25, -0.2) is 0 Å². The second kappa shape index (κ2) is 7.52. The van der Waals surface area contributed by atoms with Gasteiger partial charge in [-0.05, 0) is 320 Å². The van der Waals surface area contributed by atoms with Gasteiger partial charge in [-0.2, -0.15) is 0 Å². The monoisotopic (exact) mass is 931 g/mol. The van der Waals surface area contributed by atoms with Crippen molar-refractivity contribution < 1.29 is 0 Å². The lowest BCUT2D eigenvalue weighted by molar-refractivity contribution is 0.334. The fraction of sp³-hybridized carbons (Fsp3) is 0.216. The van der Waals surface area contributed by atoms with Crippen LogP contribution in [0.2, 0.25) is 0 Å². The van der Waals surface area contributed by atoms with Gasteiger partial charge in [0, 0.05) is 12.6 Å². The zero-order chi connectivity index (χ0) is 45.3. The fourth-order valence-electron chi connectivity index (χ4n) is 27.0. The van der Waals surface area contributed by atoms with E-state index in [0.717, 1.165) is 6.54 Å². The molecule has 4 aliphatic carbocycles.